The molecule has 1 aliphatic rings. The molecule has 1 aliphatic carbocycles. The first-order valence-electron chi connectivity index (χ1n) is 6.68. The first-order chi connectivity index (χ1) is 8.78. The van der Waals surface area contributed by atoms with Gasteiger partial charge in [0.2, 0.25) is 0 Å². The largest absolute Gasteiger partial charge is 0.222 e. The zero-order valence-electron chi connectivity index (χ0n) is 10.5. The average Bonchev–Trinajstić information content (AvgIpc) is 2.87. The molecule has 96 valence electrons. The highest BCUT2D eigenvalue weighted by atomic mass is 35.5. The molecule has 3 rings (SSSR count). The predicted molar refractivity (Wildman–Crippen MR) is 77.4 cm³/mol. The summed E-state index contributed by atoms with van der Waals surface area (Å²) in [4.78, 5) is 10.3. The molecule has 2 atom stereocenters. The SMILES string of the molecule is CCC1CCCC(c2nc(Cl)c3ccsc3n2)C1. The molecule has 0 amide bonds. The molecule has 0 bridgehead atoms. The van der Waals surface area contributed by atoms with E-state index in [1.807, 2.05) is 11.4 Å². The van der Waals surface area contributed by atoms with Gasteiger partial charge in [-0.25, -0.2) is 9.97 Å². The second kappa shape index (κ2) is 5.14. The molecule has 2 unspecified atom stereocenters. The quantitative estimate of drug-likeness (QED) is 0.721. The fraction of sp³-hybridized carbons (Fsp3) is 0.571. The molecule has 2 aromatic rings. The van der Waals surface area contributed by atoms with E-state index in [0.717, 1.165) is 22.0 Å². The minimum absolute atomic E-state index is 0.507. The summed E-state index contributed by atoms with van der Waals surface area (Å²) in [6.45, 7) is 2.28. The number of hydrogen-bond acceptors (Lipinski definition) is 3. The summed E-state index contributed by atoms with van der Waals surface area (Å²) in [5.74, 6) is 2.31. The Hall–Kier alpha value is -0.670. The second-order valence-corrected chi connectivity index (χ2v) is 6.40. The van der Waals surface area contributed by atoms with E-state index in [2.05, 4.69) is 11.9 Å². The van der Waals surface area contributed by atoms with E-state index in [4.69, 9.17) is 16.6 Å². The van der Waals surface area contributed by atoms with Crippen LogP contribution in [0.4, 0.5) is 0 Å². The Balaban J connectivity index is 1.93. The first-order valence-corrected chi connectivity index (χ1v) is 7.94. The Morgan fingerprint density at radius 2 is 2.28 bits per heavy atom. The van der Waals surface area contributed by atoms with Gasteiger partial charge in [0.15, 0.2) is 0 Å². The van der Waals surface area contributed by atoms with Crippen molar-refractivity contribution in [3.05, 3.63) is 22.4 Å². The monoisotopic (exact) mass is 280 g/mol. The van der Waals surface area contributed by atoms with Crippen LogP contribution in [0.15, 0.2) is 11.4 Å². The van der Waals surface area contributed by atoms with Crippen molar-refractivity contribution in [1.82, 2.24) is 9.97 Å². The molecule has 1 saturated carbocycles. The third-order valence-corrected chi connectivity index (χ3v) is 5.12. The van der Waals surface area contributed by atoms with Gasteiger partial charge < -0.3 is 0 Å². The minimum atomic E-state index is 0.507. The maximum Gasteiger partial charge on any atom is 0.141 e. The third kappa shape index (κ3) is 2.26. The van der Waals surface area contributed by atoms with Gasteiger partial charge in [-0.2, -0.15) is 0 Å². The fourth-order valence-corrected chi connectivity index (χ4v) is 3.98. The van der Waals surface area contributed by atoms with E-state index in [1.165, 1.54) is 32.1 Å². The lowest BCUT2D eigenvalue weighted by Gasteiger charge is -2.27. The van der Waals surface area contributed by atoms with Gasteiger partial charge in [0.25, 0.3) is 0 Å². The smallest absolute Gasteiger partial charge is 0.141 e. The molecule has 0 radical (unpaired) electrons. The maximum absolute atomic E-state index is 6.25. The Morgan fingerprint density at radius 3 is 3.11 bits per heavy atom. The Kier molecular flexibility index (Phi) is 3.53. The van der Waals surface area contributed by atoms with Crippen LogP contribution in [0.5, 0.6) is 0 Å². The zero-order chi connectivity index (χ0) is 12.5. The molecule has 0 aromatic carbocycles. The van der Waals surface area contributed by atoms with E-state index in [9.17, 15) is 0 Å². The highest BCUT2D eigenvalue weighted by Crippen LogP contribution is 2.37. The molecule has 0 spiro atoms. The maximum atomic E-state index is 6.25. The lowest BCUT2D eigenvalue weighted by molar-refractivity contribution is 0.307. The van der Waals surface area contributed by atoms with E-state index < -0.39 is 0 Å². The lowest BCUT2D eigenvalue weighted by Crippen LogP contribution is -2.15. The van der Waals surface area contributed by atoms with Crippen LogP contribution in [-0.2, 0) is 0 Å². The van der Waals surface area contributed by atoms with Crippen LogP contribution in [-0.4, -0.2) is 9.97 Å². The number of rotatable bonds is 2. The number of fused-ring (bicyclic) bond motifs is 1. The van der Waals surface area contributed by atoms with Gasteiger partial charge in [0.05, 0.1) is 0 Å². The van der Waals surface area contributed by atoms with Crippen molar-refractivity contribution in [2.24, 2.45) is 5.92 Å². The summed E-state index contributed by atoms with van der Waals surface area (Å²) in [5.41, 5.74) is 0. The van der Waals surface area contributed by atoms with Crippen molar-refractivity contribution in [1.29, 1.82) is 0 Å². The van der Waals surface area contributed by atoms with Crippen LogP contribution < -0.4 is 0 Å². The van der Waals surface area contributed by atoms with Crippen LogP contribution in [0.3, 0.4) is 0 Å². The summed E-state index contributed by atoms with van der Waals surface area (Å²) in [6, 6.07) is 2.00. The van der Waals surface area contributed by atoms with Gasteiger partial charge in [-0.1, -0.05) is 37.8 Å². The Bertz CT molecular complexity index is 552. The Labute approximate surface area is 116 Å². The van der Waals surface area contributed by atoms with Crippen LogP contribution >= 0.6 is 22.9 Å². The highest BCUT2D eigenvalue weighted by molar-refractivity contribution is 7.16. The minimum Gasteiger partial charge on any atom is -0.222 e. The van der Waals surface area contributed by atoms with Gasteiger partial charge in [0, 0.05) is 11.3 Å². The number of aromatic nitrogens is 2. The summed E-state index contributed by atoms with van der Waals surface area (Å²) in [5, 5.41) is 3.65. The van der Waals surface area contributed by atoms with Gasteiger partial charge in [-0.3, -0.25) is 0 Å². The van der Waals surface area contributed by atoms with Crippen LogP contribution in [0, 0.1) is 5.92 Å². The van der Waals surface area contributed by atoms with Crippen LogP contribution in [0.25, 0.3) is 10.2 Å². The van der Waals surface area contributed by atoms with Gasteiger partial charge in [0.1, 0.15) is 15.8 Å². The molecular formula is C14H17ClN2S. The Morgan fingerprint density at radius 1 is 1.39 bits per heavy atom. The second-order valence-electron chi connectivity index (χ2n) is 5.15. The number of halogens is 1. The molecule has 0 aliphatic heterocycles. The average molecular weight is 281 g/mol. The molecule has 0 saturated heterocycles. The highest BCUT2D eigenvalue weighted by Gasteiger charge is 2.25. The van der Waals surface area contributed by atoms with Crippen molar-refractivity contribution in [2.75, 3.05) is 0 Å². The standard InChI is InChI=1S/C14H17ClN2S/c1-2-9-4-3-5-10(8-9)13-16-12(15)11-6-7-18-14(11)17-13/h6-7,9-10H,2-5,8H2,1H3. The van der Waals surface area contributed by atoms with E-state index in [0.29, 0.717) is 11.1 Å². The normalized spacial score (nSPS) is 24.6. The summed E-state index contributed by atoms with van der Waals surface area (Å²) in [7, 11) is 0. The molecule has 1 fully saturated rings. The molecule has 0 N–H and O–H groups in total. The summed E-state index contributed by atoms with van der Waals surface area (Å²) >= 11 is 7.90. The molecule has 2 aromatic heterocycles. The third-order valence-electron chi connectivity index (χ3n) is 4.02. The molecule has 2 nitrogen and oxygen atoms in total. The van der Waals surface area contributed by atoms with Crippen molar-refractivity contribution in [2.45, 2.75) is 44.9 Å². The number of hydrogen-bond donors (Lipinski definition) is 0. The van der Waals surface area contributed by atoms with Gasteiger partial charge >= 0.3 is 0 Å². The topological polar surface area (TPSA) is 25.8 Å². The first kappa shape index (κ1) is 12.4. The molecule has 2 heterocycles. The summed E-state index contributed by atoms with van der Waals surface area (Å²) < 4.78 is 0. The van der Waals surface area contributed by atoms with E-state index in [-0.39, 0.29) is 0 Å². The summed E-state index contributed by atoms with van der Waals surface area (Å²) in [6.07, 6.45) is 6.37. The fourth-order valence-electron chi connectivity index (χ4n) is 2.91. The number of nitrogens with zero attached hydrogens (tertiary/aromatic N) is 2. The van der Waals surface area contributed by atoms with Crippen LogP contribution in [0.1, 0.15) is 50.8 Å². The van der Waals surface area contributed by atoms with Crippen LogP contribution in [0.2, 0.25) is 5.15 Å². The van der Waals surface area contributed by atoms with Crippen molar-refractivity contribution in [3.8, 4) is 0 Å². The van der Waals surface area contributed by atoms with E-state index >= 15 is 0 Å². The van der Waals surface area contributed by atoms with Gasteiger partial charge in [-0.15, -0.1) is 11.3 Å². The van der Waals surface area contributed by atoms with Crippen molar-refractivity contribution in [3.63, 3.8) is 0 Å². The molecular weight excluding hydrogens is 264 g/mol. The molecule has 18 heavy (non-hydrogen) atoms. The zero-order valence-corrected chi connectivity index (χ0v) is 12.1. The number of thiophene rings is 1. The molecule has 4 heteroatoms. The lowest BCUT2D eigenvalue weighted by atomic mass is 9.80. The van der Waals surface area contributed by atoms with Gasteiger partial charge in [-0.05, 0) is 30.2 Å². The predicted octanol–water partition coefficient (Wildman–Crippen LogP) is 5.03. The van der Waals surface area contributed by atoms with Crippen molar-refractivity contribution >= 4 is 33.2 Å². The van der Waals surface area contributed by atoms with E-state index in [1.54, 1.807) is 11.3 Å². The van der Waals surface area contributed by atoms with Crippen molar-refractivity contribution < 1.29 is 0 Å².